The molecule has 1 fully saturated rings. The summed E-state index contributed by atoms with van der Waals surface area (Å²) in [5.74, 6) is -0.260. The molecule has 1 saturated heterocycles. The number of anilines is 1. The molecule has 1 atom stereocenters. The Morgan fingerprint density at radius 3 is 2.81 bits per heavy atom. The van der Waals surface area contributed by atoms with E-state index in [-0.39, 0.29) is 5.91 Å². The van der Waals surface area contributed by atoms with E-state index < -0.39 is 16.1 Å². The van der Waals surface area contributed by atoms with Gasteiger partial charge in [-0.2, -0.15) is 4.31 Å². The second-order valence-corrected chi connectivity index (χ2v) is 8.64. The van der Waals surface area contributed by atoms with Crippen molar-refractivity contribution < 1.29 is 13.2 Å². The molecule has 1 aromatic rings. The van der Waals surface area contributed by atoms with Crippen LogP contribution in [-0.4, -0.2) is 42.5 Å². The number of nitrogens with zero attached hydrogens (tertiary/aromatic N) is 2. The van der Waals surface area contributed by atoms with E-state index in [4.69, 9.17) is 0 Å². The van der Waals surface area contributed by atoms with Crippen LogP contribution in [0.5, 0.6) is 0 Å². The molecule has 1 aliphatic heterocycles. The van der Waals surface area contributed by atoms with E-state index in [1.165, 1.54) is 26.9 Å². The molecule has 0 bridgehead atoms. The van der Waals surface area contributed by atoms with Gasteiger partial charge in [0.2, 0.25) is 15.9 Å². The van der Waals surface area contributed by atoms with Crippen molar-refractivity contribution in [1.82, 2.24) is 9.29 Å². The van der Waals surface area contributed by atoms with Crippen LogP contribution in [0.25, 0.3) is 0 Å². The number of carbonyl (C=O) groups excluding carboxylic acids is 1. The van der Waals surface area contributed by atoms with Gasteiger partial charge < -0.3 is 5.32 Å². The van der Waals surface area contributed by atoms with Gasteiger partial charge in [-0.3, -0.25) is 4.79 Å². The zero-order valence-corrected chi connectivity index (χ0v) is 13.6. The smallest absolute Gasteiger partial charge is 0.244 e. The number of sulfonamides is 1. The third-order valence-electron chi connectivity index (χ3n) is 4.01. The van der Waals surface area contributed by atoms with Crippen LogP contribution < -0.4 is 5.32 Å². The van der Waals surface area contributed by atoms with Crippen molar-refractivity contribution in [2.75, 3.05) is 18.1 Å². The average Bonchev–Trinajstić information content (AvgIpc) is 3.03. The van der Waals surface area contributed by atoms with Gasteiger partial charge in [-0.25, -0.2) is 13.4 Å². The summed E-state index contributed by atoms with van der Waals surface area (Å²) in [6.07, 6.45) is 6.77. The Bertz CT molecular complexity index is 630. The van der Waals surface area contributed by atoms with E-state index in [9.17, 15) is 13.2 Å². The second-order valence-electron chi connectivity index (χ2n) is 5.62. The highest BCUT2D eigenvalue weighted by atomic mass is 32.2. The number of carbonyl (C=O) groups is 1. The van der Waals surface area contributed by atoms with E-state index in [1.54, 1.807) is 0 Å². The SMILES string of the molecule is CS(=O)(=O)N1CCC[C@@H]1C(=O)Nc1nc2c(s1)CCCC2. The van der Waals surface area contributed by atoms with E-state index in [0.717, 1.165) is 37.6 Å². The molecule has 3 rings (SSSR count). The van der Waals surface area contributed by atoms with Crippen LogP contribution in [0.15, 0.2) is 0 Å². The Hall–Kier alpha value is -0.990. The molecule has 0 spiro atoms. The number of fused-ring (bicyclic) bond motifs is 1. The average molecular weight is 329 g/mol. The summed E-state index contributed by atoms with van der Waals surface area (Å²) >= 11 is 1.52. The van der Waals surface area contributed by atoms with Crippen LogP contribution in [0.3, 0.4) is 0 Å². The first-order chi connectivity index (χ1) is 9.95. The Balaban J connectivity index is 1.72. The topological polar surface area (TPSA) is 79.4 Å². The molecule has 8 heteroatoms. The molecule has 116 valence electrons. The molecular formula is C13H19N3O3S2. The standard InChI is InChI=1S/C13H19N3O3S2/c1-21(18,19)16-8-4-6-10(16)12(17)15-13-14-9-5-2-3-7-11(9)20-13/h10H,2-8H2,1H3,(H,14,15,17)/t10-/m1/s1. The second kappa shape index (κ2) is 5.66. The van der Waals surface area contributed by atoms with Gasteiger partial charge >= 0.3 is 0 Å². The van der Waals surface area contributed by atoms with Crippen molar-refractivity contribution >= 4 is 32.4 Å². The number of thiazole rings is 1. The number of amides is 1. The van der Waals surface area contributed by atoms with Gasteiger partial charge in [-0.1, -0.05) is 0 Å². The maximum absolute atomic E-state index is 12.3. The van der Waals surface area contributed by atoms with Crippen molar-refractivity contribution in [1.29, 1.82) is 0 Å². The molecule has 2 heterocycles. The van der Waals surface area contributed by atoms with Crippen molar-refractivity contribution in [3.8, 4) is 0 Å². The van der Waals surface area contributed by atoms with Gasteiger partial charge in [-0.15, -0.1) is 11.3 Å². The first-order valence-electron chi connectivity index (χ1n) is 7.21. The molecule has 0 aromatic carbocycles. The van der Waals surface area contributed by atoms with Crippen molar-refractivity contribution in [2.45, 2.75) is 44.6 Å². The molecule has 6 nitrogen and oxygen atoms in total. The Morgan fingerprint density at radius 1 is 1.33 bits per heavy atom. The van der Waals surface area contributed by atoms with Gasteiger partial charge in [0.25, 0.3) is 0 Å². The predicted molar refractivity (Wildman–Crippen MR) is 82.0 cm³/mol. The number of aryl methyl sites for hydroxylation is 2. The Labute approximate surface area is 128 Å². The third kappa shape index (κ3) is 3.12. The molecule has 21 heavy (non-hydrogen) atoms. The minimum atomic E-state index is -3.34. The molecule has 1 aromatic heterocycles. The van der Waals surface area contributed by atoms with Crippen LogP contribution in [-0.2, 0) is 27.7 Å². The van der Waals surface area contributed by atoms with Crippen LogP contribution in [0, 0.1) is 0 Å². The van der Waals surface area contributed by atoms with Gasteiger partial charge in [0.15, 0.2) is 5.13 Å². The van der Waals surface area contributed by atoms with Crippen LogP contribution >= 0.6 is 11.3 Å². The lowest BCUT2D eigenvalue weighted by Crippen LogP contribution is -2.42. The normalized spacial score (nSPS) is 23.0. The summed E-state index contributed by atoms with van der Waals surface area (Å²) in [6, 6.07) is -0.596. The maximum atomic E-state index is 12.3. The quantitative estimate of drug-likeness (QED) is 0.909. The van der Waals surface area contributed by atoms with E-state index >= 15 is 0 Å². The molecule has 0 unspecified atom stereocenters. The fourth-order valence-corrected chi connectivity index (χ4v) is 5.17. The zero-order chi connectivity index (χ0) is 15.0. The van der Waals surface area contributed by atoms with E-state index in [1.807, 2.05) is 0 Å². The Morgan fingerprint density at radius 2 is 2.10 bits per heavy atom. The lowest BCUT2D eigenvalue weighted by Gasteiger charge is -2.20. The first kappa shape index (κ1) is 14.9. The van der Waals surface area contributed by atoms with Gasteiger partial charge in [0, 0.05) is 11.4 Å². The molecule has 0 radical (unpaired) electrons. The summed E-state index contributed by atoms with van der Waals surface area (Å²) in [6.45, 7) is 0.422. The highest BCUT2D eigenvalue weighted by molar-refractivity contribution is 7.88. The minimum absolute atomic E-state index is 0.260. The van der Waals surface area contributed by atoms with Crippen LogP contribution in [0.1, 0.15) is 36.3 Å². The predicted octanol–water partition coefficient (Wildman–Crippen LogP) is 1.38. The summed E-state index contributed by atoms with van der Waals surface area (Å²) < 4.78 is 24.7. The van der Waals surface area contributed by atoms with Crippen molar-refractivity contribution in [2.24, 2.45) is 0 Å². The van der Waals surface area contributed by atoms with Gasteiger partial charge in [-0.05, 0) is 38.5 Å². The zero-order valence-electron chi connectivity index (χ0n) is 12.0. The highest BCUT2D eigenvalue weighted by Crippen LogP contribution is 2.30. The largest absolute Gasteiger partial charge is 0.301 e. The van der Waals surface area contributed by atoms with Crippen LogP contribution in [0.4, 0.5) is 5.13 Å². The van der Waals surface area contributed by atoms with E-state index in [0.29, 0.717) is 18.1 Å². The van der Waals surface area contributed by atoms with Crippen LogP contribution in [0.2, 0.25) is 0 Å². The Kier molecular flexibility index (Phi) is 4.02. The number of rotatable bonds is 3. The van der Waals surface area contributed by atoms with Crippen molar-refractivity contribution in [3.63, 3.8) is 0 Å². The highest BCUT2D eigenvalue weighted by Gasteiger charge is 2.36. The summed E-state index contributed by atoms with van der Waals surface area (Å²) in [4.78, 5) is 18.1. The number of nitrogens with one attached hydrogen (secondary N) is 1. The fourth-order valence-electron chi connectivity index (χ4n) is 2.99. The molecule has 0 saturated carbocycles. The third-order valence-corrected chi connectivity index (χ3v) is 6.37. The fraction of sp³-hybridized carbons (Fsp3) is 0.692. The monoisotopic (exact) mass is 329 g/mol. The van der Waals surface area contributed by atoms with E-state index in [2.05, 4.69) is 10.3 Å². The lowest BCUT2D eigenvalue weighted by molar-refractivity contribution is -0.119. The minimum Gasteiger partial charge on any atom is -0.301 e. The first-order valence-corrected chi connectivity index (χ1v) is 9.88. The van der Waals surface area contributed by atoms with Gasteiger partial charge in [0.1, 0.15) is 6.04 Å². The summed E-state index contributed by atoms with van der Waals surface area (Å²) in [5.41, 5.74) is 1.09. The summed E-state index contributed by atoms with van der Waals surface area (Å²) in [5, 5.41) is 3.41. The van der Waals surface area contributed by atoms with Crippen molar-refractivity contribution in [3.05, 3.63) is 10.6 Å². The number of hydrogen-bond acceptors (Lipinski definition) is 5. The number of aromatic nitrogens is 1. The molecule has 1 N–H and O–H groups in total. The molecule has 1 aliphatic carbocycles. The summed E-state index contributed by atoms with van der Waals surface area (Å²) in [7, 11) is -3.34. The van der Waals surface area contributed by atoms with Gasteiger partial charge in [0.05, 0.1) is 11.9 Å². The lowest BCUT2D eigenvalue weighted by atomic mass is 10.0. The maximum Gasteiger partial charge on any atom is 0.244 e. The molecule has 1 amide bonds. The molecule has 2 aliphatic rings. The number of hydrogen-bond donors (Lipinski definition) is 1. The molecular weight excluding hydrogens is 310 g/mol.